The van der Waals surface area contributed by atoms with Crippen LogP contribution < -0.4 is 4.74 Å². The molecule has 0 saturated heterocycles. The van der Waals surface area contributed by atoms with Crippen molar-refractivity contribution in [3.8, 4) is 5.75 Å². The lowest BCUT2D eigenvalue weighted by molar-refractivity contribution is 0.433. The van der Waals surface area contributed by atoms with E-state index in [1.165, 1.54) is 11.1 Å². The van der Waals surface area contributed by atoms with E-state index in [4.69, 9.17) is 9.73 Å². The molecule has 0 aromatic heterocycles. The van der Waals surface area contributed by atoms with Gasteiger partial charge in [-0.05, 0) is 42.2 Å². The molecule has 0 radical (unpaired) electrons. The number of rotatable bonds is 2. The van der Waals surface area contributed by atoms with E-state index in [0.29, 0.717) is 0 Å². The lowest BCUT2D eigenvalue weighted by atomic mass is 9.87. The number of aryl methyl sites for hydroxylation is 1. The smallest absolute Gasteiger partial charge is 0.200 e. The molecule has 24 heavy (non-hydrogen) atoms. The average Bonchev–Trinajstić information content (AvgIpc) is 2.47. The van der Waals surface area contributed by atoms with E-state index in [1.54, 1.807) is 0 Å². The third-order valence-corrected chi connectivity index (χ3v) is 3.84. The van der Waals surface area contributed by atoms with E-state index >= 15 is 0 Å². The molecule has 0 saturated carbocycles. The van der Waals surface area contributed by atoms with Gasteiger partial charge >= 0.3 is 0 Å². The highest BCUT2D eigenvalue weighted by Gasteiger charge is 2.22. The molecule has 2 aromatic rings. The summed E-state index contributed by atoms with van der Waals surface area (Å²) in [4.78, 5) is 4.73. The van der Waals surface area contributed by atoms with Crippen molar-refractivity contribution in [1.82, 2.24) is 0 Å². The highest BCUT2D eigenvalue weighted by atomic mass is 16.5. The van der Waals surface area contributed by atoms with E-state index in [-0.39, 0.29) is 10.8 Å². The van der Waals surface area contributed by atoms with Gasteiger partial charge in [0, 0.05) is 5.41 Å². The molecule has 0 aliphatic carbocycles. The van der Waals surface area contributed by atoms with Crippen LogP contribution in [0.15, 0.2) is 53.5 Å². The van der Waals surface area contributed by atoms with Crippen molar-refractivity contribution in [3.05, 3.63) is 59.7 Å². The first-order chi connectivity index (χ1) is 11.1. The largest absolute Gasteiger partial charge is 0.442 e. The first-order valence-corrected chi connectivity index (χ1v) is 8.50. The zero-order chi connectivity index (χ0) is 18.0. The third-order valence-electron chi connectivity index (χ3n) is 3.84. The monoisotopic (exact) mass is 323 g/mol. The fourth-order valence-corrected chi connectivity index (χ4v) is 2.21. The number of hydrogen-bond donors (Lipinski definition) is 0. The summed E-state index contributed by atoms with van der Waals surface area (Å²) in [5, 5.41) is 0. The Morgan fingerprint density at radius 3 is 1.79 bits per heavy atom. The van der Waals surface area contributed by atoms with Crippen LogP contribution in [0.5, 0.6) is 5.75 Å². The van der Waals surface area contributed by atoms with Crippen LogP contribution in [0.25, 0.3) is 0 Å². The molecule has 0 atom stereocenters. The van der Waals surface area contributed by atoms with Crippen LogP contribution in [0.1, 0.15) is 52.7 Å². The van der Waals surface area contributed by atoms with Crippen molar-refractivity contribution < 1.29 is 4.74 Å². The molecule has 0 amide bonds. The number of aliphatic imine (C=N–C) groups is 1. The van der Waals surface area contributed by atoms with Crippen LogP contribution in [-0.4, -0.2) is 5.90 Å². The summed E-state index contributed by atoms with van der Waals surface area (Å²) in [6, 6.07) is 16.5. The van der Waals surface area contributed by atoms with E-state index in [9.17, 15) is 0 Å². The third kappa shape index (κ3) is 4.95. The van der Waals surface area contributed by atoms with E-state index in [2.05, 4.69) is 72.7 Å². The van der Waals surface area contributed by atoms with Crippen LogP contribution in [0.3, 0.4) is 0 Å². The summed E-state index contributed by atoms with van der Waals surface area (Å²) in [5.74, 6) is 1.54. The van der Waals surface area contributed by atoms with Gasteiger partial charge in [0.25, 0.3) is 0 Å². The molecule has 2 aromatic carbocycles. The maximum atomic E-state index is 6.13. The highest BCUT2D eigenvalue weighted by Crippen LogP contribution is 2.27. The number of ether oxygens (including phenoxy) is 1. The van der Waals surface area contributed by atoms with Gasteiger partial charge < -0.3 is 4.74 Å². The Morgan fingerprint density at radius 2 is 1.33 bits per heavy atom. The minimum absolute atomic E-state index is 0.140. The minimum atomic E-state index is -0.173. The second kappa shape index (κ2) is 6.80. The Hall–Kier alpha value is -2.09. The molecule has 0 aliphatic rings. The molecule has 2 nitrogen and oxygen atoms in total. The zero-order valence-electron chi connectivity index (χ0n) is 16.0. The van der Waals surface area contributed by atoms with Crippen molar-refractivity contribution in [2.75, 3.05) is 0 Å². The van der Waals surface area contributed by atoms with Crippen LogP contribution in [0.4, 0.5) is 5.69 Å². The Kier molecular flexibility index (Phi) is 5.17. The number of nitrogens with zero attached hydrogens (tertiary/aromatic N) is 1. The van der Waals surface area contributed by atoms with E-state index in [0.717, 1.165) is 17.3 Å². The van der Waals surface area contributed by atoms with E-state index in [1.807, 2.05) is 24.3 Å². The SMILES string of the molecule is Cc1ccc(N=C(Oc2ccc(C(C)(C)C)cc2)C(C)(C)C)cc1. The summed E-state index contributed by atoms with van der Waals surface area (Å²) < 4.78 is 6.13. The summed E-state index contributed by atoms with van der Waals surface area (Å²) in [6.07, 6.45) is 0. The summed E-state index contributed by atoms with van der Waals surface area (Å²) >= 11 is 0. The topological polar surface area (TPSA) is 21.6 Å². The van der Waals surface area contributed by atoms with Gasteiger partial charge in [-0.2, -0.15) is 0 Å². The molecule has 2 rings (SSSR count). The van der Waals surface area contributed by atoms with Crippen LogP contribution >= 0.6 is 0 Å². The molecule has 0 N–H and O–H groups in total. The maximum Gasteiger partial charge on any atom is 0.200 e. The van der Waals surface area contributed by atoms with Gasteiger partial charge in [0.2, 0.25) is 5.90 Å². The van der Waals surface area contributed by atoms with Gasteiger partial charge in [0.1, 0.15) is 5.75 Å². The second-order valence-electron chi connectivity index (χ2n) is 8.38. The Bertz CT molecular complexity index is 696. The summed E-state index contributed by atoms with van der Waals surface area (Å²) in [5.41, 5.74) is 3.40. The molecule has 128 valence electrons. The van der Waals surface area contributed by atoms with Crippen molar-refractivity contribution in [2.24, 2.45) is 10.4 Å². The van der Waals surface area contributed by atoms with Gasteiger partial charge in [-0.3, -0.25) is 0 Å². The minimum Gasteiger partial charge on any atom is -0.442 e. The normalized spacial score (nSPS) is 13.0. The number of hydrogen-bond acceptors (Lipinski definition) is 2. The van der Waals surface area contributed by atoms with Crippen LogP contribution in [0, 0.1) is 12.3 Å². The van der Waals surface area contributed by atoms with Gasteiger partial charge in [0.15, 0.2) is 0 Å². The highest BCUT2D eigenvalue weighted by molar-refractivity contribution is 5.86. The maximum absolute atomic E-state index is 6.13. The lowest BCUT2D eigenvalue weighted by Gasteiger charge is -2.23. The van der Waals surface area contributed by atoms with Crippen molar-refractivity contribution >= 4 is 11.6 Å². The molecular weight excluding hydrogens is 294 g/mol. The number of benzene rings is 2. The van der Waals surface area contributed by atoms with Crippen molar-refractivity contribution in [3.63, 3.8) is 0 Å². The molecule has 0 unspecified atom stereocenters. The predicted molar refractivity (Wildman–Crippen MR) is 103 cm³/mol. The van der Waals surface area contributed by atoms with E-state index < -0.39 is 0 Å². The van der Waals surface area contributed by atoms with Crippen molar-refractivity contribution in [1.29, 1.82) is 0 Å². The lowest BCUT2D eigenvalue weighted by Crippen LogP contribution is -2.26. The molecule has 0 aliphatic heterocycles. The van der Waals surface area contributed by atoms with Crippen LogP contribution in [-0.2, 0) is 5.41 Å². The fraction of sp³-hybridized carbons (Fsp3) is 0.409. The fourth-order valence-electron chi connectivity index (χ4n) is 2.21. The Labute approximate surface area is 146 Å². The first-order valence-electron chi connectivity index (χ1n) is 8.50. The second-order valence-corrected chi connectivity index (χ2v) is 8.38. The van der Waals surface area contributed by atoms with Gasteiger partial charge in [-0.15, -0.1) is 0 Å². The first kappa shape index (κ1) is 18.3. The van der Waals surface area contributed by atoms with Gasteiger partial charge in [-0.1, -0.05) is 71.4 Å². The van der Waals surface area contributed by atoms with Gasteiger partial charge in [-0.25, -0.2) is 4.99 Å². The zero-order valence-corrected chi connectivity index (χ0v) is 16.0. The molecule has 0 heterocycles. The molecule has 2 heteroatoms. The Morgan fingerprint density at radius 1 is 0.792 bits per heavy atom. The quantitative estimate of drug-likeness (QED) is 0.460. The molecule has 0 fully saturated rings. The van der Waals surface area contributed by atoms with Crippen LogP contribution in [0.2, 0.25) is 0 Å². The Balaban J connectivity index is 2.28. The summed E-state index contributed by atoms with van der Waals surface area (Å²) in [7, 11) is 0. The average molecular weight is 323 g/mol. The molecular formula is C22H29NO. The molecule has 0 spiro atoms. The molecule has 0 bridgehead atoms. The standard InChI is InChI=1S/C22H29NO/c1-16-8-12-18(13-9-16)23-20(22(5,6)7)24-19-14-10-17(11-15-19)21(2,3)4/h8-15H,1-7H3. The van der Waals surface area contributed by atoms with Gasteiger partial charge in [0.05, 0.1) is 5.69 Å². The van der Waals surface area contributed by atoms with Crippen molar-refractivity contribution in [2.45, 2.75) is 53.9 Å². The summed E-state index contributed by atoms with van der Waals surface area (Å²) in [6.45, 7) is 15.1. The predicted octanol–water partition coefficient (Wildman–Crippen LogP) is 6.45.